The van der Waals surface area contributed by atoms with Crippen molar-refractivity contribution in [1.82, 2.24) is 0 Å². The molecule has 102 valence electrons. The maximum Gasteiger partial charge on any atom is 0.229 e. The van der Waals surface area contributed by atoms with E-state index in [1.54, 1.807) is 0 Å². The van der Waals surface area contributed by atoms with Gasteiger partial charge in [0.05, 0.1) is 12.5 Å². The number of fused-ring (bicyclic) bond motifs is 1. The number of ether oxygens (including phenoxy) is 1. The molecule has 2 aliphatic heterocycles. The summed E-state index contributed by atoms with van der Waals surface area (Å²) in [6.07, 6.45) is 4.81. The minimum atomic E-state index is 0.103. The van der Waals surface area contributed by atoms with E-state index in [0.717, 1.165) is 38.1 Å². The summed E-state index contributed by atoms with van der Waals surface area (Å²) in [5.74, 6) is 0.163. The van der Waals surface area contributed by atoms with Crippen molar-refractivity contribution >= 4 is 17.3 Å². The van der Waals surface area contributed by atoms with Gasteiger partial charge in [0.1, 0.15) is 0 Å². The Morgan fingerprint density at radius 1 is 1.42 bits per heavy atom. The molecule has 1 fully saturated rings. The molecule has 2 N–H and O–H groups in total. The zero-order valence-corrected chi connectivity index (χ0v) is 11.1. The lowest BCUT2D eigenvalue weighted by atomic mass is 10.1. The maximum atomic E-state index is 12.4. The maximum absolute atomic E-state index is 12.4. The van der Waals surface area contributed by atoms with Gasteiger partial charge in [-0.2, -0.15) is 0 Å². The van der Waals surface area contributed by atoms with Crippen LogP contribution < -0.4 is 10.6 Å². The standard InChI is InChI=1S/C15H20N2O2/c16-12-5-4-11-6-7-17(14(11)9-12)15(18)10-13-3-1-2-8-19-13/h4-5,9,13H,1-3,6-8,10,16H2. The Bertz CT molecular complexity index is 481. The van der Waals surface area contributed by atoms with E-state index in [1.165, 1.54) is 12.0 Å². The second kappa shape index (κ2) is 5.21. The van der Waals surface area contributed by atoms with Gasteiger partial charge in [-0.05, 0) is 43.4 Å². The fourth-order valence-corrected chi connectivity index (χ4v) is 2.93. The first-order valence-corrected chi connectivity index (χ1v) is 7.04. The zero-order valence-electron chi connectivity index (χ0n) is 11.1. The first-order chi connectivity index (χ1) is 9.24. The number of carbonyl (C=O) groups excluding carboxylic acids is 1. The molecule has 1 atom stereocenters. The number of amides is 1. The van der Waals surface area contributed by atoms with Crippen LogP contribution in [-0.2, 0) is 16.0 Å². The van der Waals surface area contributed by atoms with Crippen LogP contribution in [-0.4, -0.2) is 25.2 Å². The minimum absolute atomic E-state index is 0.103. The second-order valence-corrected chi connectivity index (χ2v) is 5.38. The second-order valence-electron chi connectivity index (χ2n) is 5.38. The van der Waals surface area contributed by atoms with E-state index in [2.05, 4.69) is 0 Å². The molecule has 1 aromatic carbocycles. The Morgan fingerprint density at radius 2 is 2.32 bits per heavy atom. The lowest BCUT2D eigenvalue weighted by Gasteiger charge is -2.25. The monoisotopic (exact) mass is 260 g/mol. The van der Waals surface area contributed by atoms with Crippen molar-refractivity contribution in [3.63, 3.8) is 0 Å². The van der Waals surface area contributed by atoms with Gasteiger partial charge < -0.3 is 15.4 Å². The third-order valence-corrected chi connectivity index (χ3v) is 3.98. The molecule has 2 aliphatic rings. The predicted octanol–water partition coefficient (Wildman–Crippen LogP) is 2.12. The Kier molecular flexibility index (Phi) is 3.42. The highest BCUT2D eigenvalue weighted by Crippen LogP contribution is 2.31. The van der Waals surface area contributed by atoms with Gasteiger partial charge in [-0.1, -0.05) is 6.07 Å². The van der Waals surface area contributed by atoms with Crippen LogP contribution >= 0.6 is 0 Å². The lowest BCUT2D eigenvalue weighted by molar-refractivity contribution is -0.122. The summed E-state index contributed by atoms with van der Waals surface area (Å²) in [5, 5.41) is 0. The van der Waals surface area contributed by atoms with Crippen molar-refractivity contribution in [3.05, 3.63) is 23.8 Å². The van der Waals surface area contributed by atoms with Crippen LogP contribution in [0.3, 0.4) is 0 Å². The molecule has 4 heteroatoms. The Balaban J connectivity index is 1.70. The number of benzene rings is 1. The third-order valence-electron chi connectivity index (χ3n) is 3.98. The molecule has 3 rings (SSSR count). The highest BCUT2D eigenvalue weighted by molar-refractivity contribution is 5.96. The average Bonchev–Trinajstić information content (AvgIpc) is 2.82. The van der Waals surface area contributed by atoms with Crippen LogP contribution in [0.1, 0.15) is 31.2 Å². The Labute approximate surface area is 113 Å². The van der Waals surface area contributed by atoms with Gasteiger partial charge in [-0.25, -0.2) is 0 Å². The Hall–Kier alpha value is -1.55. The van der Waals surface area contributed by atoms with E-state index in [-0.39, 0.29) is 12.0 Å². The molecule has 0 saturated carbocycles. The number of nitrogens with two attached hydrogens (primary N) is 1. The van der Waals surface area contributed by atoms with Gasteiger partial charge in [0.25, 0.3) is 0 Å². The summed E-state index contributed by atoms with van der Waals surface area (Å²) in [4.78, 5) is 14.3. The minimum Gasteiger partial charge on any atom is -0.399 e. The van der Waals surface area contributed by atoms with Gasteiger partial charge in [0.15, 0.2) is 0 Å². The average molecular weight is 260 g/mol. The fourth-order valence-electron chi connectivity index (χ4n) is 2.93. The van der Waals surface area contributed by atoms with Crippen molar-refractivity contribution in [3.8, 4) is 0 Å². The Morgan fingerprint density at radius 3 is 3.11 bits per heavy atom. The van der Waals surface area contributed by atoms with Gasteiger partial charge >= 0.3 is 0 Å². The number of carbonyl (C=O) groups is 1. The molecule has 1 saturated heterocycles. The number of anilines is 2. The van der Waals surface area contributed by atoms with E-state index in [4.69, 9.17) is 10.5 Å². The van der Waals surface area contributed by atoms with Crippen LogP contribution in [0, 0.1) is 0 Å². The highest BCUT2D eigenvalue weighted by Gasteiger charge is 2.27. The van der Waals surface area contributed by atoms with Crippen LogP contribution in [0.2, 0.25) is 0 Å². The van der Waals surface area contributed by atoms with Gasteiger partial charge in [0, 0.05) is 24.5 Å². The van der Waals surface area contributed by atoms with Crippen molar-refractivity contribution in [2.24, 2.45) is 0 Å². The van der Waals surface area contributed by atoms with E-state index in [0.29, 0.717) is 12.1 Å². The number of nitrogens with zero attached hydrogens (tertiary/aromatic N) is 1. The summed E-state index contributed by atoms with van der Waals surface area (Å²) in [5.41, 5.74) is 8.73. The first-order valence-electron chi connectivity index (χ1n) is 7.04. The molecule has 1 amide bonds. The summed E-state index contributed by atoms with van der Waals surface area (Å²) in [6, 6.07) is 5.83. The highest BCUT2D eigenvalue weighted by atomic mass is 16.5. The van der Waals surface area contributed by atoms with Gasteiger partial charge in [-0.3, -0.25) is 4.79 Å². The molecule has 0 bridgehead atoms. The summed E-state index contributed by atoms with van der Waals surface area (Å²) < 4.78 is 5.65. The molecule has 0 aromatic heterocycles. The normalized spacial score (nSPS) is 22.3. The first kappa shape index (κ1) is 12.5. The predicted molar refractivity (Wildman–Crippen MR) is 75.1 cm³/mol. The van der Waals surface area contributed by atoms with Crippen LogP contribution in [0.15, 0.2) is 18.2 Å². The largest absolute Gasteiger partial charge is 0.399 e. The smallest absolute Gasteiger partial charge is 0.229 e. The van der Waals surface area contributed by atoms with E-state index in [9.17, 15) is 4.79 Å². The van der Waals surface area contributed by atoms with E-state index < -0.39 is 0 Å². The van der Waals surface area contributed by atoms with Crippen LogP contribution in [0.25, 0.3) is 0 Å². The quantitative estimate of drug-likeness (QED) is 0.829. The molecule has 0 spiro atoms. The molecule has 0 aliphatic carbocycles. The lowest BCUT2D eigenvalue weighted by Crippen LogP contribution is -2.33. The molecular weight excluding hydrogens is 240 g/mol. The van der Waals surface area contributed by atoms with Crippen molar-refractivity contribution in [1.29, 1.82) is 0 Å². The van der Waals surface area contributed by atoms with Crippen molar-refractivity contribution in [2.75, 3.05) is 23.8 Å². The molecular formula is C15H20N2O2. The number of rotatable bonds is 2. The van der Waals surface area contributed by atoms with Crippen molar-refractivity contribution in [2.45, 2.75) is 38.2 Å². The molecule has 4 nitrogen and oxygen atoms in total. The third kappa shape index (κ3) is 2.59. The number of hydrogen-bond acceptors (Lipinski definition) is 3. The molecule has 1 aromatic rings. The van der Waals surface area contributed by atoms with E-state index >= 15 is 0 Å². The molecule has 19 heavy (non-hydrogen) atoms. The van der Waals surface area contributed by atoms with Gasteiger partial charge in [0.2, 0.25) is 5.91 Å². The fraction of sp³-hybridized carbons (Fsp3) is 0.533. The van der Waals surface area contributed by atoms with Gasteiger partial charge in [-0.15, -0.1) is 0 Å². The summed E-state index contributed by atoms with van der Waals surface area (Å²) in [6.45, 7) is 1.56. The molecule has 1 unspecified atom stereocenters. The summed E-state index contributed by atoms with van der Waals surface area (Å²) in [7, 11) is 0. The van der Waals surface area contributed by atoms with Crippen LogP contribution in [0.4, 0.5) is 11.4 Å². The van der Waals surface area contributed by atoms with E-state index in [1.807, 2.05) is 23.1 Å². The van der Waals surface area contributed by atoms with Crippen LogP contribution in [0.5, 0.6) is 0 Å². The number of hydrogen-bond donors (Lipinski definition) is 1. The zero-order chi connectivity index (χ0) is 13.2. The molecule has 0 radical (unpaired) electrons. The SMILES string of the molecule is Nc1ccc2c(c1)N(C(=O)CC1CCCCO1)CC2. The topological polar surface area (TPSA) is 55.6 Å². The summed E-state index contributed by atoms with van der Waals surface area (Å²) >= 11 is 0. The molecule has 2 heterocycles. The number of nitrogen functional groups attached to an aromatic ring is 1. The van der Waals surface area contributed by atoms with Crippen molar-refractivity contribution < 1.29 is 9.53 Å².